The number of hydrogen-bond acceptors (Lipinski definition) is 8. The molecule has 3 heterocycles. The van der Waals surface area contributed by atoms with E-state index in [0.29, 0.717) is 35.5 Å². The molecule has 0 radical (unpaired) electrons. The Morgan fingerprint density at radius 2 is 1.77 bits per heavy atom. The molecule has 0 atom stereocenters. The number of amides is 1. The number of imidazole rings is 1. The summed E-state index contributed by atoms with van der Waals surface area (Å²) in [5, 5.41) is 6.24. The Balaban J connectivity index is 1.33. The molecule has 244 valence electrons. The van der Waals surface area contributed by atoms with Crippen LogP contribution in [0, 0.1) is 13.8 Å². The summed E-state index contributed by atoms with van der Waals surface area (Å²) < 4.78 is 39.9. The predicted octanol–water partition coefficient (Wildman–Crippen LogP) is 6.37. The minimum Gasteiger partial charge on any atom is -0.368 e. The Morgan fingerprint density at radius 3 is 2.53 bits per heavy atom. The molecule has 5 aromatic rings. The number of anilines is 5. The van der Waals surface area contributed by atoms with Crippen molar-refractivity contribution < 1.29 is 18.0 Å². The molecule has 1 amide bonds. The largest absolute Gasteiger partial charge is 0.416 e. The average molecular weight is 644 g/mol. The number of benzene rings is 3. The summed E-state index contributed by atoms with van der Waals surface area (Å²) in [6, 6.07) is 17.3. The number of aromatic amines is 1. The van der Waals surface area contributed by atoms with Gasteiger partial charge in [0.2, 0.25) is 5.95 Å². The molecule has 13 heteroatoms. The van der Waals surface area contributed by atoms with Crippen LogP contribution < -0.4 is 15.5 Å². The van der Waals surface area contributed by atoms with Crippen LogP contribution >= 0.6 is 0 Å². The van der Waals surface area contributed by atoms with Crippen LogP contribution in [0.4, 0.5) is 42.1 Å². The lowest BCUT2D eigenvalue weighted by atomic mass is 10.1. The Labute approximate surface area is 270 Å². The zero-order chi connectivity index (χ0) is 33.1. The van der Waals surface area contributed by atoms with Crippen LogP contribution in [0.3, 0.4) is 0 Å². The first-order chi connectivity index (χ1) is 22.6. The van der Waals surface area contributed by atoms with E-state index < -0.39 is 17.6 Å². The smallest absolute Gasteiger partial charge is 0.368 e. The quantitative estimate of drug-likeness (QED) is 0.170. The Hall–Kier alpha value is -5.01. The summed E-state index contributed by atoms with van der Waals surface area (Å²) in [7, 11) is 2.14. The van der Waals surface area contributed by atoms with Crippen LogP contribution in [0.1, 0.15) is 27.0 Å². The molecule has 10 nitrogen and oxygen atoms in total. The molecular weight excluding hydrogens is 607 g/mol. The van der Waals surface area contributed by atoms with Gasteiger partial charge in [0, 0.05) is 56.1 Å². The van der Waals surface area contributed by atoms with E-state index >= 15 is 0 Å². The number of carbonyl (C=O) groups excluding carboxylic acids is 1. The molecule has 0 aliphatic carbocycles. The molecular formula is C34H36F3N9O. The van der Waals surface area contributed by atoms with Gasteiger partial charge in [-0.15, -0.1) is 0 Å². The van der Waals surface area contributed by atoms with Crippen molar-refractivity contribution in [3.8, 4) is 0 Å². The van der Waals surface area contributed by atoms with Gasteiger partial charge >= 0.3 is 6.18 Å². The number of piperazine rings is 1. The van der Waals surface area contributed by atoms with Crippen LogP contribution in [0.15, 0.2) is 73.1 Å². The lowest BCUT2D eigenvalue weighted by molar-refractivity contribution is -0.137. The van der Waals surface area contributed by atoms with E-state index in [1.165, 1.54) is 18.5 Å². The highest BCUT2D eigenvalue weighted by atomic mass is 19.4. The fraction of sp³-hybridized carbons (Fsp3) is 0.294. The number of aryl methyl sites for hydroxylation is 1. The number of carbonyl (C=O) groups is 1. The second-order valence-electron chi connectivity index (χ2n) is 11.7. The molecule has 3 aromatic carbocycles. The highest BCUT2D eigenvalue weighted by molar-refractivity contribution is 6.04. The molecule has 1 aliphatic rings. The number of para-hydroxylation sites is 2. The first-order valence-corrected chi connectivity index (χ1v) is 15.4. The lowest BCUT2D eigenvalue weighted by Gasteiger charge is -2.32. The van der Waals surface area contributed by atoms with Crippen molar-refractivity contribution in [1.29, 1.82) is 0 Å². The minimum absolute atomic E-state index is 0.102. The molecule has 6 rings (SSSR count). The number of aromatic nitrogens is 4. The highest BCUT2D eigenvalue weighted by Gasteiger charge is 2.31. The van der Waals surface area contributed by atoms with Crippen LogP contribution in [0.5, 0.6) is 0 Å². The number of fused-ring (bicyclic) bond motifs is 1. The van der Waals surface area contributed by atoms with Crippen molar-refractivity contribution in [2.45, 2.75) is 20.0 Å². The van der Waals surface area contributed by atoms with E-state index in [9.17, 15) is 18.0 Å². The molecule has 0 unspecified atom stereocenters. The number of hydrogen-bond donors (Lipinski definition) is 3. The number of nitrogens with zero attached hydrogens (tertiary/aromatic N) is 6. The van der Waals surface area contributed by atoms with Gasteiger partial charge in [0.05, 0.1) is 22.3 Å². The van der Waals surface area contributed by atoms with Gasteiger partial charge < -0.3 is 20.5 Å². The van der Waals surface area contributed by atoms with Crippen LogP contribution in [0.2, 0.25) is 0 Å². The first kappa shape index (κ1) is 32.0. The Bertz CT molecular complexity index is 1850. The second-order valence-corrected chi connectivity index (χ2v) is 11.7. The van der Waals surface area contributed by atoms with Gasteiger partial charge in [0.25, 0.3) is 5.91 Å². The zero-order valence-electron chi connectivity index (χ0n) is 26.4. The first-order valence-electron chi connectivity index (χ1n) is 15.4. The van der Waals surface area contributed by atoms with Gasteiger partial charge in [0.15, 0.2) is 0 Å². The van der Waals surface area contributed by atoms with Gasteiger partial charge in [0.1, 0.15) is 18.0 Å². The topological polar surface area (TPSA) is 105 Å². The third kappa shape index (κ3) is 7.21. The van der Waals surface area contributed by atoms with Gasteiger partial charge in [-0.1, -0.05) is 24.3 Å². The summed E-state index contributed by atoms with van der Waals surface area (Å²) in [5.74, 6) is 1.11. The number of halogens is 3. The number of likely N-dealkylation sites (N-methyl/N-ethyl adjacent to an activating group) is 1. The molecule has 3 N–H and O–H groups in total. The summed E-state index contributed by atoms with van der Waals surface area (Å²) >= 11 is 0. The Kier molecular flexibility index (Phi) is 9.10. The minimum atomic E-state index is -4.56. The predicted molar refractivity (Wildman–Crippen MR) is 178 cm³/mol. The second kappa shape index (κ2) is 13.4. The summed E-state index contributed by atoms with van der Waals surface area (Å²) in [4.78, 5) is 37.2. The maximum Gasteiger partial charge on any atom is 0.416 e. The maximum atomic E-state index is 13.3. The standard InChI is InChI=1S/C34H36F3N9O/c1-22-11-12-26(41-32(47)24-7-6-8-25(19-24)34(35,36)37)20-29(22)46(33-42-27-9-4-5-10-28(27)43-33)31-23(2)30(39-21-40-31)38-13-14-45-17-15-44(3)16-18-45/h4-12,19-21H,13-18H2,1-3H3,(H,41,47)(H,42,43)(H,38,39,40). The van der Waals surface area contributed by atoms with Gasteiger partial charge in [-0.25, -0.2) is 15.0 Å². The van der Waals surface area contributed by atoms with Crippen molar-refractivity contribution in [3.05, 3.63) is 95.3 Å². The van der Waals surface area contributed by atoms with E-state index in [4.69, 9.17) is 4.98 Å². The monoisotopic (exact) mass is 643 g/mol. The molecule has 47 heavy (non-hydrogen) atoms. The third-order valence-corrected chi connectivity index (χ3v) is 8.33. The van der Waals surface area contributed by atoms with Crippen LogP contribution in [-0.2, 0) is 6.18 Å². The highest BCUT2D eigenvalue weighted by Crippen LogP contribution is 2.39. The third-order valence-electron chi connectivity index (χ3n) is 8.33. The van der Waals surface area contributed by atoms with E-state index in [1.807, 2.05) is 49.1 Å². The number of H-pyrrole nitrogens is 1. The van der Waals surface area contributed by atoms with Crippen LogP contribution in [-0.4, -0.2) is 82.0 Å². The number of nitrogens with one attached hydrogen (secondary N) is 3. The summed E-state index contributed by atoms with van der Waals surface area (Å²) in [5.41, 5.74) is 3.30. The van der Waals surface area contributed by atoms with Crippen molar-refractivity contribution in [2.24, 2.45) is 0 Å². The number of rotatable bonds is 9. The van der Waals surface area contributed by atoms with Crippen molar-refractivity contribution >= 4 is 45.9 Å². The summed E-state index contributed by atoms with van der Waals surface area (Å²) in [6.07, 6.45) is -3.06. The zero-order valence-corrected chi connectivity index (χ0v) is 26.4. The molecule has 0 saturated carbocycles. The SMILES string of the molecule is Cc1ccc(NC(=O)c2cccc(C(F)(F)F)c2)cc1N(c1nc2ccccc2[nH]1)c1ncnc(NCCN2CCN(C)CC2)c1C. The molecule has 0 spiro atoms. The molecule has 1 fully saturated rings. The van der Waals surface area contributed by atoms with Gasteiger partial charge in [-0.05, 0) is 68.9 Å². The van der Waals surface area contributed by atoms with E-state index in [-0.39, 0.29) is 5.56 Å². The van der Waals surface area contributed by atoms with Crippen molar-refractivity contribution in [2.75, 3.05) is 61.8 Å². The van der Waals surface area contributed by atoms with Crippen molar-refractivity contribution in [3.63, 3.8) is 0 Å². The molecule has 2 aromatic heterocycles. The molecule has 1 aliphatic heterocycles. The van der Waals surface area contributed by atoms with E-state index in [0.717, 1.165) is 67.0 Å². The fourth-order valence-electron chi connectivity index (χ4n) is 5.59. The molecule has 1 saturated heterocycles. The van der Waals surface area contributed by atoms with E-state index in [2.05, 4.69) is 42.4 Å². The Morgan fingerprint density at radius 1 is 0.979 bits per heavy atom. The lowest BCUT2D eigenvalue weighted by Crippen LogP contribution is -2.45. The normalized spacial score (nSPS) is 14.3. The van der Waals surface area contributed by atoms with Crippen LogP contribution in [0.25, 0.3) is 11.0 Å². The summed E-state index contributed by atoms with van der Waals surface area (Å²) in [6.45, 7) is 9.59. The average Bonchev–Trinajstić information content (AvgIpc) is 3.48. The van der Waals surface area contributed by atoms with Gasteiger partial charge in [-0.3, -0.25) is 14.6 Å². The maximum absolute atomic E-state index is 13.3. The van der Waals surface area contributed by atoms with Gasteiger partial charge in [-0.2, -0.15) is 13.2 Å². The molecule has 0 bridgehead atoms. The number of alkyl halides is 3. The fourth-order valence-corrected chi connectivity index (χ4v) is 5.59. The van der Waals surface area contributed by atoms with E-state index in [1.54, 1.807) is 12.1 Å². The van der Waals surface area contributed by atoms with Crippen molar-refractivity contribution in [1.82, 2.24) is 29.7 Å².